The quantitative estimate of drug-likeness (QED) is 0.541. The van der Waals surface area contributed by atoms with Crippen LogP contribution in [0.1, 0.15) is 12.8 Å². The molecule has 3 N–H and O–H groups in total. The number of methoxy groups -OCH3 is 1. The molecule has 7 heteroatoms. The lowest BCUT2D eigenvalue weighted by atomic mass is 10.0. The number of aliphatic hydroxyl groups is 2. The Balaban J connectivity index is 1.95. The molecule has 2 saturated heterocycles. The summed E-state index contributed by atoms with van der Waals surface area (Å²) < 4.78 is 10.4. The standard InChI is InChI=1S/C13H24N2O5/c1-19-8-11(17)14-6-9-12(15-4-2-3-5-15)13(18)10(7-16)20-9/h9-10,12-13,16,18H,2-8H2,1H3,(H,14,17). The molecule has 2 fully saturated rings. The molecule has 7 nitrogen and oxygen atoms in total. The third-order valence-corrected chi connectivity index (χ3v) is 3.98. The fourth-order valence-electron chi connectivity index (χ4n) is 3.03. The van der Waals surface area contributed by atoms with Crippen molar-refractivity contribution in [3.05, 3.63) is 0 Å². The van der Waals surface area contributed by atoms with Crippen LogP contribution in [-0.2, 0) is 14.3 Å². The Labute approximate surface area is 118 Å². The zero-order chi connectivity index (χ0) is 14.5. The highest BCUT2D eigenvalue weighted by molar-refractivity contribution is 5.77. The van der Waals surface area contributed by atoms with E-state index in [0.29, 0.717) is 6.54 Å². The Kier molecular flexibility index (Phi) is 5.74. The molecule has 4 atom stereocenters. The molecule has 0 aliphatic carbocycles. The molecule has 0 aromatic carbocycles. The Bertz CT molecular complexity index is 322. The van der Waals surface area contributed by atoms with Crippen LogP contribution in [-0.4, -0.2) is 85.3 Å². The molecule has 0 aromatic rings. The van der Waals surface area contributed by atoms with Gasteiger partial charge in [0.1, 0.15) is 18.8 Å². The van der Waals surface area contributed by atoms with E-state index in [1.165, 1.54) is 7.11 Å². The molecule has 1 amide bonds. The van der Waals surface area contributed by atoms with Crippen molar-refractivity contribution >= 4 is 5.91 Å². The van der Waals surface area contributed by atoms with Gasteiger partial charge in [0.05, 0.1) is 18.8 Å². The topological polar surface area (TPSA) is 91.3 Å². The second-order valence-corrected chi connectivity index (χ2v) is 5.36. The van der Waals surface area contributed by atoms with E-state index in [2.05, 4.69) is 10.2 Å². The molecule has 0 aromatic heterocycles. The van der Waals surface area contributed by atoms with Crippen LogP contribution >= 0.6 is 0 Å². The summed E-state index contributed by atoms with van der Waals surface area (Å²) in [5.41, 5.74) is 0. The van der Waals surface area contributed by atoms with Crippen LogP contribution in [0.25, 0.3) is 0 Å². The average molecular weight is 288 g/mol. The molecule has 4 unspecified atom stereocenters. The maximum atomic E-state index is 11.4. The lowest BCUT2D eigenvalue weighted by Gasteiger charge is -2.30. The Morgan fingerprint density at radius 1 is 1.40 bits per heavy atom. The second kappa shape index (κ2) is 7.33. The number of amides is 1. The Morgan fingerprint density at radius 2 is 2.10 bits per heavy atom. The van der Waals surface area contributed by atoms with Gasteiger partial charge >= 0.3 is 0 Å². The van der Waals surface area contributed by atoms with Crippen molar-refractivity contribution < 1.29 is 24.5 Å². The Hall–Kier alpha value is -0.730. The second-order valence-electron chi connectivity index (χ2n) is 5.36. The van der Waals surface area contributed by atoms with Gasteiger partial charge < -0.3 is 25.0 Å². The number of nitrogens with one attached hydrogen (secondary N) is 1. The summed E-state index contributed by atoms with van der Waals surface area (Å²) >= 11 is 0. The first-order valence-electron chi connectivity index (χ1n) is 7.11. The maximum absolute atomic E-state index is 11.4. The lowest BCUT2D eigenvalue weighted by Crippen LogP contribution is -2.50. The normalized spacial score (nSPS) is 34.5. The van der Waals surface area contributed by atoms with Gasteiger partial charge in [-0.05, 0) is 25.9 Å². The van der Waals surface area contributed by atoms with E-state index in [1.54, 1.807) is 0 Å². The molecule has 20 heavy (non-hydrogen) atoms. The van der Waals surface area contributed by atoms with Gasteiger partial charge in [-0.1, -0.05) is 0 Å². The third kappa shape index (κ3) is 3.48. The number of nitrogens with zero attached hydrogens (tertiary/aromatic N) is 1. The molecule has 2 aliphatic rings. The molecular weight excluding hydrogens is 264 g/mol. The van der Waals surface area contributed by atoms with E-state index >= 15 is 0 Å². The fraction of sp³-hybridized carbons (Fsp3) is 0.923. The van der Waals surface area contributed by atoms with Crippen LogP contribution in [0.2, 0.25) is 0 Å². The summed E-state index contributed by atoms with van der Waals surface area (Å²) in [5.74, 6) is -0.210. The molecule has 0 saturated carbocycles. The molecule has 116 valence electrons. The average Bonchev–Trinajstić information content (AvgIpc) is 3.04. The number of hydrogen-bond acceptors (Lipinski definition) is 6. The Morgan fingerprint density at radius 3 is 2.70 bits per heavy atom. The largest absolute Gasteiger partial charge is 0.394 e. The van der Waals surface area contributed by atoms with Crippen molar-refractivity contribution in [3.8, 4) is 0 Å². The van der Waals surface area contributed by atoms with Gasteiger partial charge in [0.15, 0.2) is 0 Å². The van der Waals surface area contributed by atoms with Crippen LogP contribution in [0.4, 0.5) is 0 Å². The lowest BCUT2D eigenvalue weighted by molar-refractivity contribution is -0.125. The first-order chi connectivity index (χ1) is 9.67. The summed E-state index contributed by atoms with van der Waals surface area (Å²) in [7, 11) is 1.46. The van der Waals surface area contributed by atoms with E-state index in [4.69, 9.17) is 9.47 Å². The van der Waals surface area contributed by atoms with Crippen LogP contribution in [0.3, 0.4) is 0 Å². The number of aliphatic hydroxyl groups excluding tert-OH is 2. The monoisotopic (exact) mass is 288 g/mol. The van der Waals surface area contributed by atoms with Crippen molar-refractivity contribution in [2.75, 3.05) is 40.0 Å². The van der Waals surface area contributed by atoms with E-state index in [1.807, 2.05) is 0 Å². The van der Waals surface area contributed by atoms with Crippen molar-refractivity contribution in [2.24, 2.45) is 0 Å². The summed E-state index contributed by atoms with van der Waals surface area (Å²) in [6, 6.07) is -0.169. The van der Waals surface area contributed by atoms with E-state index in [0.717, 1.165) is 25.9 Å². The minimum Gasteiger partial charge on any atom is -0.394 e. The van der Waals surface area contributed by atoms with Crippen LogP contribution < -0.4 is 5.32 Å². The predicted octanol–water partition coefficient (Wildman–Crippen LogP) is -1.67. The smallest absolute Gasteiger partial charge is 0.246 e. The fourth-order valence-corrected chi connectivity index (χ4v) is 3.03. The molecule has 2 aliphatic heterocycles. The highest BCUT2D eigenvalue weighted by atomic mass is 16.5. The minimum atomic E-state index is -0.720. The minimum absolute atomic E-state index is 0.00703. The first-order valence-corrected chi connectivity index (χ1v) is 7.11. The summed E-state index contributed by atoms with van der Waals surface area (Å²) in [4.78, 5) is 13.6. The van der Waals surface area contributed by atoms with Gasteiger partial charge in [-0.3, -0.25) is 9.69 Å². The van der Waals surface area contributed by atoms with Crippen LogP contribution in [0.5, 0.6) is 0 Å². The molecule has 2 heterocycles. The van der Waals surface area contributed by atoms with Gasteiger partial charge in [-0.25, -0.2) is 0 Å². The van der Waals surface area contributed by atoms with Crippen molar-refractivity contribution in [1.82, 2.24) is 10.2 Å². The summed E-state index contributed by atoms with van der Waals surface area (Å²) in [6.07, 6.45) is 0.610. The number of rotatable bonds is 6. The predicted molar refractivity (Wildman–Crippen MR) is 71.2 cm³/mol. The summed E-state index contributed by atoms with van der Waals surface area (Å²) in [6.45, 7) is 1.95. The van der Waals surface area contributed by atoms with E-state index in [9.17, 15) is 15.0 Å². The maximum Gasteiger partial charge on any atom is 0.246 e. The summed E-state index contributed by atoms with van der Waals surface area (Å²) in [5, 5.41) is 22.3. The van der Waals surface area contributed by atoms with E-state index < -0.39 is 12.2 Å². The van der Waals surface area contributed by atoms with Gasteiger partial charge in [-0.2, -0.15) is 0 Å². The number of ether oxygens (including phenoxy) is 2. The zero-order valence-electron chi connectivity index (χ0n) is 11.8. The van der Waals surface area contributed by atoms with Gasteiger partial charge in [-0.15, -0.1) is 0 Å². The molecule has 0 spiro atoms. The first kappa shape index (κ1) is 15.7. The van der Waals surface area contributed by atoms with Gasteiger partial charge in [0.2, 0.25) is 5.91 Å². The van der Waals surface area contributed by atoms with Crippen LogP contribution in [0, 0.1) is 0 Å². The SMILES string of the molecule is COCC(=O)NCC1OC(CO)C(O)C1N1CCCC1. The number of carbonyl (C=O) groups is 1. The molecular formula is C13H24N2O5. The van der Waals surface area contributed by atoms with Crippen molar-refractivity contribution in [3.63, 3.8) is 0 Å². The van der Waals surface area contributed by atoms with Crippen molar-refractivity contribution in [2.45, 2.75) is 37.2 Å². The van der Waals surface area contributed by atoms with Crippen molar-refractivity contribution in [1.29, 1.82) is 0 Å². The number of carbonyl (C=O) groups excluding carboxylic acids is 1. The van der Waals surface area contributed by atoms with Gasteiger partial charge in [0.25, 0.3) is 0 Å². The van der Waals surface area contributed by atoms with E-state index in [-0.39, 0.29) is 31.3 Å². The number of likely N-dealkylation sites (tertiary alicyclic amines) is 1. The van der Waals surface area contributed by atoms with Crippen LogP contribution in [0.15, 0.2) is 0 Å². The van der Waals surface area contributed by atoms with Gasteiger partial charge in [0, 0.05) is 13.7 Å². The third-order valence-electron chi connectivity index (χ3n) is 3.98. The molecule has 2 rings (SSSR count). The number of hydrogen-bond donors (Lipinski definition) is 3. The highest BCUT2D eigenvalue weighted by Crippen LogP contribution is 2.28. The molecule has 0 radical (unpaired) electrons. The highest BCUT2D eigenvalue weighted by Gasteiger charge is 2.46. The molecule has 0 bridgehead atoms. The zero-order valence-corrected chi connectivity index (χ0v) is 11.8.